The normalized spacial score (nSPS) is 21.3. The van der Waals surface area contributed by atoms with E-state index in [1.54, 1.807) is 0 Å². The molecule has 23 heavy (non-hydrogen) atoms. The fraction of sp³-hybridized carbons (Fsp3) is 0.429. The Hall–Kier alpha value is -1.70. The zero-order chi connectivity index (χ0) is 16.2. The molecule has 0 bridgehead atoms. The van der Waals surface area contributed by atoms with Gasteiger partial charge in [0.25, 0.3) is 0 Å². The predicted molar refractivity (Wildman–Crippen MR) is 91.4 cm³/mol. The molecule has 0 spiro atoms. The van der Waals surface area contributed by atoms with Crippen LogP contribution in [0, 0.1) is 17.6 Å². The highest BCUT2D eigenvalue weighted by molar-refractivity contribution is 5.64. The first kappa shape index (κ1) is 16.2. The maximum absolute atomic E-state index is 13.9. The van der Waals surface area contributed by atoms with Crippen molar-refractivity contribution in [2.24, 2.45) is 5.92 Å². The van der Waals surface area contributed by atoms with Crippen LogP contribution in [-0.2, 0) is 0 Å². The molecule has 1 aliphatic rings. The van der Waals surface area contributed by atoms with Gasteiger partial charge < -0.3 is 0 Å². The minimum Gasteiger partial charge on any atom is -0.207 e. The van der Waals surface area contributed by atoms with Crippen molar-refractivity contribution in [3.8, 4) is 11.1 Å². The summed E-state index contributed by atoms with van der Waals surface area (Å²) >= 11 is 0. The quantitative estimate of drug-likeness (QED) is 0.588. The van der Waals surface area contributed by atoms with Crippen LogP contribution in [0.1, 0.15) is 56.9 Å². The lowest BCUT2D eigenvalue weighted by atomic mass is 9.77. The molecule has 3 rings (SSSR count). The Balaban J connectivity index is 1.72. The topological polar surface area (TPSA) is 0 Å². The first-order valence-corrected chi connectivity index (χ1v) is 8.72. The van der Waals surface area contributed by atoms with Crippen LogP contribution in [0.4, 0.5) is 8.78 Å². The summed E-state index contributed by atoms with van der Waals surface area (Å²) in [6, 6.07) is 11.6. The van der Waals surface area contributed by atoms with E-state index in [1.807, 2.05) is 12.1 Å². The van der Waals surface area contributed by atoms with Crippen molar-refractivity contribution in [1.29, 1.82) is 0 Å². The molecule has 0 N–H and O–H groups in total. The lowest BCUT2D eigenvalue weighted by Gasteiger charge is -2.28. The Morgan fingerprint density at radius 1 is 0.913 bits per heavy atom. The van der Waals surface area contributed by atoms with E-state index in [9.17, 15) is 8.78 Å². The molecule has 0 radical (unpaired) electrons. The standard InChI is InChI=1S/C21H24F2/c1-2-3-15-4-6-16(7-5-15)17-8-10-18(11-9-17)20-14-19(22)12-13-21(20)23/h8-16H,2-7H2,1H3. The van der Waals surface area contributed by atoms with E-state index in [0.717, 1.165) is 17.5 Å². The summed E-state index contributed by atoms with van der Waals surface area (Å²) in [5, 5.41) is 0. The molecule has 2 aromatic carbocycles. The summed E-state index contributed by atoms with van der Waals surface area (Å²) in [7, 11) is 0. The molecule has 122 valence electrons. The summed E-state index contributed by atoms with van der Waals surface area (Å²) in [5.41, 5.74) is 2.41. The van der Waals surface area contributed by atoms with E-state index in [-0.39, 0.29) is 5.82 Å². The third kappa shape index (κ3) is 3.80. The molecule has 2 aromatic rings. The molecule has 0 aliphatic heterocycles. The molecule has 0 aromatic heterocycles. The third-order valence-corrected chi connectivity index (χ3v) is 5.17. The monoisotopic (exact) mass is 314 g/mol. The van der Waals surface area contributed by atoms with Crippen LogP contribution in [0.5, 0.6) is 0 Å². The Kier molecular flexibility index (Phi) is 5.09. The van der Waals surface area contributed by atoms with Crippen LogP contribution >= 0.6 is 0 Å². The van der Waals surface area contributed by atoms with Gasteiger partial charge in [-0.05, 0) is 66.8 Å². The molecule has 0 heterocycles. The van der Waals surface area contributed by atoms with E-state index in [1.165, 1.54) is 56.2 Å². The maximum atomic E-state index is 13.9. The summed E-state index contributed by atoms with van der Waals surface area (Å²) < 4.78 is 27.2. The zero-order valence-corrected chi connectivity index (χ0v) is 13.7. The van der Waals surface area contributed by atoms with Gasteiger partial charge >= 0.3 is 0 Å². The van der Waals surface area contributed by atoms with Gasteiger partial charge in [-0.15, -0.1) is 0 Å². The van der Waals surface area contributed by atoms with Crippen LogP contribution in [0.3, 0.4) is 0 Å². The van der Waals surface area contributed by atoms with Gasteiger partial charge in [0.05, 0.1) is 0 Å². The highest BCUT2D eigenvalue weighted by Crippen LogP contribution is 2.38. The molecule has 0 saturated heterocycles. The highest BCUT2D eigenvalue weighted by Gasteiger charge is 2.21. The fourth-order valence-corrected chi connectivity index (χ4v) is 3.85. The van der Waals surface area contributed by atoms with Gasteiger partial charge in [0.2, 0.25) is 0 Å². The molecule has 0 nitrogen and oxygen atoms in total. The average Bonchev–Trinajstić information content (AvgIpc) is 2.58. The van der Waals surface area contributed by atoms with E-state index in [0.29, 0.717) is 11.5 Å². The average molecular weight is 314 g/mol. The Morgan fingerprint density at radius 3 is 2.26 bits per heavy atom. The number of hydrogen-bond acceptors (Lipinski definition) is 0. The van der Waals surface area contributed by atoms with Gasteiger partial charge in [-0.3, -0.25) is 0 Å². The summed E-state index contributed by atoms with van der Waals surface area (Å²) in [6.07, 6.45) is 7.77. The highest BCUT2D eigenvalue weighted by atomic mass is 19.1. The smallest absolute Gasteiger partial charge is 0.131 e. The first-order valence-electron chi connectivity index (χ1n) is 8.72. The molecule has 0 atom stereocenters. The molecule has 2 heteroatoms. The summed E-state index contributed by atoms with van der Waals surface area (Å²) in [4.78, 5) is 0. The minimum atomic E-state index is -0.403. The van der Waals surface area contributed by atoms with Crippen LogP contribution in [0.25, 0.3) is 11.1 Å². The van der Waals surface area contributed by atoms with Crippen molar-refractivity contribution in [1.82, 2.24) is 0 Å². The molecule has 1 saturated carbocycles. The minimum absolute atomic E-state index is 0.336. The molecular weight excluding hydrogens is 290 g/mol. The lowest BCUT2D eigenvalue weighted by Crippen LogP contribution is -2.13. The largest absolute Gasteiger partial charge is 0.207 e. The van der Waals surface area contributed by atoms with Crippen LogP contribution in [0.15, 0.2) is 42.5 Å². The van der Waals surface area contributed by atoms with E-state index < -0.39 is 5.82 Å². The van der Waals surface area contributed by atoms with Gasteiger partial charge in [0.1, 0.15) is 11.6 Å². The molecule has 0 unspecified atom stereocenters. The number of rotatable bonds is 4. The second-order valence-electron chi connectivity index (χ2n) is 6.75. The van der Waals surface area contributed by atoms with Crippen molar-refractivity contribution in [2.45, 2.75) is 51.4 Å². The van der Waals surface area contributed by atoms with Crippen LogP contribution in [0.2, 0.25) is 0 Å². The Bertz CT molecular complexity index is 637. The van der Waals surface area contributed by atoms with Crippen molar-refractivity contribution < 1.29 is 8.78 Å². The van der Waals surface area contributed by atoms with Crippen LogP contribution < -0.4 is 0 Å². The van der Waals surface area contributed by atoms with Crippen molar-refractivity contribution in [3.05, 3.63) is 59.7 Å². The van der Waals surface area contributed by atoms with Gasteiger partial charge in [-0.25, -0.2) is 8.78 Å². The van der Waals surface area contributed by atoms with E-state index in [2.05, 4.69) is 19.1 Å². The maximum Gasteiger partial charge on any atom is 0.131 e. The first-order chi connectivity index (χ1) is 11.2. The number of halogens is 2. The summed E-state index contributed by atoms with van der Waals surface area (Å²) in [6.45, 7) is 2.26. The van der Waals surface area contributed by atoms with Crippen molar-refractivity contribution in [2.75, 3.05) is 0 Å². The van der Waals surface area contributed by atoms with E-state index in [4.69, 9.17) is 0 Å². The molecule has 1 fully saturated rings. The molecule has 1 aliphatic carbocycles. The van der Waals surface area contributed by atoms with Crippen molar-refractivity contribution >= 4 is 0 Å². The SMILES string of the molecule is CCCC1CCC(c2ccc(-c3cc(F)ccc3F)cc2)CC1. The Morgan fingerprint density at radius 2 is 1.61 bits per heavy atom. The lowest BCUT2D eigenvalue weighted by molar-refractivity contribution is 0.308. The van der Waals surface area contributed by atoms with Crippen LogP contribution in [-0.4, -0.2) is 0 Å². The molecular formula is C21H24F2. The third-order valence-electron chi connectivity index (χ3n) is 5.17. The predicted octanol–water partition coefficient (Wildman–Crippen LogP) is 6.71. The number of benzene rings is 2. The van der Waals surface area contributed by atoms with Gasteiger partial charge in [0, 0.05) is 5.56 Å². The second kappa shape index (κ2) is 7.25. The fourth-order valence-electron chi connectivity index (χ4n) is 3.85. The van der Waals surface area contributed by atoms with Crippen molar-refractivity contribution in [3.63, 3.8) is 0 Å². The van der Waals surface area contributed by atoms with E-state index >= 15 is 0 Å². The number of hydrogen-bond donors (Lipinski definition) is 0. The second-order valence-corrected chi connectivity index (χ2v) is 6.75. The van der Waals surface area contributed by atoms with Gasteiger partial charge in [-0.1, -0.05) is 44.0 Å². The molecule has 0 amide bonds. The van der Waals surface area contributed by atoms with Gasteiger partial charge in [-0.2, -0.15) is 0 Å². The van der Waals surface area contributed by atoms with Gasteiger partial charge in [0.15, 0.2) is 0 Å². The summed E-state index contributed by atoms with van der Waals surface area (Å²) in [5.74, 6) is 0.741. The Labute approximate surface area is 137 Å². The zero-order valence-electron chi connectivity index (χ0n) is 13.7.